The Labute approximate surface area is 262 Å². The molecule has 44 heavy (non-hydrogen) atoms. The van der Waals surface area contributed by atoms with Crippen LogP contribution in [0.15, 0.2) is 57.7 Å². The van der Waals surface area contributed by atoms with E-state index < -0.39 is 0 Å². The minimum absolute atomic E-state index is 0.0390. The number of nitrogens with zero attached hydrogens (tertiary/aromatic N) is 2. The topological polar surface area (TPSA) is 46.3 Å². The Balaban J connectivity index is 1.44. The summed E-state index contributed by atoms with van der Waals surface area (Å²) in [5.74, 6) is 0. The molecule has 0 saturated carbocycles. The quantitative estimate of drug-likeness (QED) is 0.139. The van der Waals surface area contributed by atoms with Gasteiger partial charge in [0, 0.05) is 40.5 Å². The number of anilines is 1. The summed E-state index contributed by atoms with van der Waals surface area (Å²) in [5.41, 5.74) is 8.15. The summed E-state index contributed by atoms with van der Waals surface area (Å²) in [4.78, 5) is 21.8. The van der Waals surface area contributed by atoms with Crippen LogP contribution in [-0.2, 0) is 16.2 Å². The van der Waals surface area contributed by atoms with Crippen molar-refractivity contribution in [1.82, 2.24) is 4.98 Å². The van der Waals surface area contributed by atoms with Gasteiger partial charge in [0.1, 0.15) is 10.6 Å². The summed E-state index contributed by atoms with van der Waals surface area (Å²) in [6.45, 7) is 20.3. The van der Waals surface area contributed by atoms with Gasteiger partial charge < -0.3 is 9.32 Å². The van der Waals surface area contributed by atoms with Gasteiger partial charge in [-0.15, -0.1) is 11.3 Å². The lowest BCUT2D eigenvalue weighted by molar-refractivity contribution is 0.398. The second-order valence-corrected chi connectivity index (χ2v) is 16.4. The van der Waals surface area contributed by atoms with E-state index in [1.165, 1.54) is 38.5 Å². The minimum Gasteiger partial charge on any atom is -0.422 e. The molecule has 0 fully saturated rings. The Kier molecular flexibility index (Phi) is 5.65. The van der Waals surface area contributed by atoms with Crippen molar-refractivity contribution in [2.24, 2.45) is 0 Å². The highest BCUT2D eigenvalue weighted by atomic mass is 32.1. The third-order valence-corrected chi connectivity index (χ3v) is 11.7. The number of thiazole rings is 1. The van der Waals surface area contributed by atoms with Gasteiger partial charge >= 0.3 is 5.63 Å². The molecule has 2 aliphatic heterocycles. The number of aryl methyl sites for hydroxylation is 1. The van der Waals surface area contributed by atoms with E-state index in [4.69, 9.17) is 9.40 Å². The van der Waals surface area contributed by atoms with Crippen LogP contribution in [-0.4, -0.2) is 18.1 Å². The molecule has 4 nitrogen and oxygen atoms in total. The standard InChI is InChI=1S/C39H40N2O2S/c1-21-26-20-28-32-30(39(7,8)16-18-41(32)17-15-38(28,5)6)33(26)43-36(42)29(21)35-40-31-24-14-13-22(37(2,3)4)19-27(24)23-11-9-10-12-25(23)34(31)44-35/h9-14,19-20H,15-18H2,1-8H3. The van der Waals surface area contributed by atoms with Crippen LogP contribution in [0.2, 0.25) is 0 Å². The van der Waals surface area contributed by atoms with Gasteiger partial charge in [-0.25, -0.2) is 9.78 Å². The second-order valence-electron chi connectivity index (χ2n) is 15.4. The van der Waals surface area contributed by atoms with E-state index in [2.05, 4.69) is 109 Å². The molecule has 224 valence electrons. The molecule has 8 rings (SSSR count). The molecule has 2 aromatic heterocycles. The average molecular weight is 601 g/mol. The highest BCUT2D eigenvalue weighted by molar-refractivity contribution is 7.22. The smallest absolute Gasteiger partial charge is 0.346 e. The number of benzene rings is 4. The van der Waals surface area contributed by atoms with Crippen molar-refractivity contribution < 1.29 is 4.42 Å². The van der Waals surface area contributed by atoms with Crippen molar-refractivity contribution in [2.75, 3.05) is 18.0 Å². The lowest BCUT2D eigenvalue weighted by atomic mass is 9.69. The number of fused-ring (bicyclic) bond motifs is 8. The van der Waals surface area contributed by atoms with Crippen molar-refractivity contribution >= 4 is 59.8 Å². The third-order valence-electron chi connectivity index (χ3n) is 10.6. The van der Waals surface area contributed by atoms with Gasteiger partial charge in [0.15, 0.2) is 0 Å². The SMILES string of the molecule is Cc1c(-c2nc3c4ccc(C(C)(C)C)cc4c4ccccc4c3s2)c(=O)oc2c3c4c(cc12)C(C)(C)CCN4CCC3(C)C. The van der Waals surface area contributed by atoms with E-state index in [1.54, 1.807) is 11.3 Å². The zero-order chi connectivity index (χ0) is 30.9. The Hall–Kier alpha value is -3.70. The Bertz CT molecular complexity index is 2260. The van der Waals surface area contributed by atoms with Gasteiger partial charge in [-0.3, -0.25) is 0 Å². The maximum atomic E-state index is 14.1. The predicted octanol–water partition coefficient (Wildman–Crippen LogP) is 10.2. The zero-order valence-corrected chi connectivity index (χ0v) is 27.9. The summed E-state index contributed by atoms with van der Waals surface area (Å²) in [6, 6.07) is 17.7. The normalized spacial score (nSPS) is 17.6. The molecular formula is C39H40N2O2S. The van der Waals surface area contributed by atoms with Crippen molar-refractivity contribution in [3.05, 3.63) is 81.2 Å². The molecule has 0 spiro atoms. The largest absolute Gasteiger partial charge is 0.422 e. The van der Waals surface area contributed by atoms with Crippen LogP contribution in [0.25, 0.3) is 53.3 Å². The number of rotatable bonds is 1. The molecule has 0 aliphatic carbocycles. The van der Waals surface area contributed by atoms with Crippen molar-refractivity contribution in [1.29, 1.82) is 0 Å². The van der Waals surface area contributed by atoms with Crippen LogP contribution in [0.5, 0.6) is 0 Å². The van der Waals surface area contributed by atoms with E-state index in [1.807, 2.05) is 0 Å². The van der Waals surface area contributed by atoms with Crippen LogP contribution >= 0.6 is 11.3 Å². The van der Waals surface area contributed by atoms with Crippen LogP contribution < -0.4 is 10.5 Å². The van der Waals surface area contributed by atoms with Crippen LogP contribution in [0.1, 0.15) is 83.6 Å². The highest BCUT2D eigenvalue weighted by Crippen LogP contribution is 2.52. The van der Waals surface area contributed by atoms with Crippen LogP contribution in [0.3, 0.4) is 0 Å². The molecule has 0 radical (unpaired) electrons. The molecule has 4 heterocycles. The molecular weight excluding hydrogens is 561 g/mol. The second kappa shape index (κ2) is 8.94. The number of aromatic nitrogens is 1. The summed E-state index contributed by atoms with van der Waals surface area (Å²) in [5, 5.41) is 6.51. The van der Waals surface area contributed by atoms with Crippen molar-refractivity contribution in [2.45, 2.75) is 84.5 Å². The molecule has 0 atom stereocenters. The third kappa shape index (κ3) is 3.81. The Morgan fingerprint density at radius 1 is 0.864 bits per heavy atom. The first-order valence-electron chi connectivity index (χ1n) is 15.9. The Morgan fingerprint density at radius 2 is 1.57 bits per heavy atom. The minimum atomic E-state index is -0.295. The van der Waals surface area contributed by atoms with Gasteiger partial charge in [-0.05, 0) is 75.6 Å². The molecule has 0 bridgehead atoms. The van der Waals surface area contributed by atoms with E-state index in [9.17, 15) is 4.79 Å². The molecule has 0 amide bonds. The van der Waals surface area contributed by atoms with Crippen molar-refractivity contribution in [3.8, 4) is 10.6 Å². The van der Waals surface area contributed by atoms with Gasteiger partial charge in [-0.2, -0.15) is 0 Å². The molecule has 0 saturated heterocycles. The molecule has 0 N–H and O–H groups in total. The van der Waals surface area contributed by atoms with Crippen LogP contribution in [0, 0.1) is 6.92 Å². The van der Waals surface area contributed by atoms with Crippen LogP contribution in [0.4, 0.5) is 5.69 Å². The highest BCUT2D eigenvalue weighted by Gasteiger charge is 2.42. The monoisotopic (exact) mass is 600 g/mol. The van der Waals surface area contributed by atoms with Gasteiger partial charge in [0.25, 0.3) is 0 Å². The zero-order valence-electron chi connectivity index (χ0n) is 27.1. The molecule has 0 unspecified atom stereocenters. The lowest BCUT2D eigenvalue weighted by Crippen LogP contribution is -2.44. The first kappa shape index (κ1) is 27.8. The Morgan fingerprint density at radius 3 is 2.30 bits per heavy atom. The molecule has 5 heteroatoms. The number of hydrogen-bond acceptors (Lipinski definition) is 5. The fraction of sp³-hybridized carbons (Fsp3) is 0.385. The summed E-state index contributed by atoms with van der Waals surface area (Å²) in [6.07, 6.45) is 2.15. The van der Waals surface area contributed by atoms with Crippen molar-refractivity contribution in [3.63, 3.8) is 0 Å². The van der Waals surface area contributed by atoms with Gasteiger partial charge in [0.2, 0.25) is 0 Å². The van der Waals surface area contributed by atoms with Gasteiger partial charge in [0.05, 0.1) is 15.8 Å². The number of hydrogen-bond donors (Lipinski definition) is 0. The summed E-state index contributed by atoms with van der Waals surface area (Å²) < 4.78 is 7.53. The summed E-state index contributed by atoms with van der Waals surface area (Å²) in [7, 11) is 0. The van der Waals surface area contributed by atoms with E-state index in [0.717, 1.165) is 63.1 Å². The van der Waals surface area contributed by atoms with Gasteiger partial charge in [-0.1, -0.05) is 84.9 Å². The maximum absolute atomic E-state index is 14.1. The fourth-order valence-corrected chi connectivity index (χ4v) is 8.97. The van der Waals surface area contributed by atoms with E-state index in [0.29, 0.717) is 5.56 Å². The maximum Gasteiger partial charge on any atom is 0.346 e. The molecule has 6 aromatic rings. The van der Waals surface area contributed by atoms with E-state index in [-0.39, 0.29) is 21.9 Å². The first-order chi connectivity index (χ1) is 20.8. The lowest BCUT2D eigenvalue weighted by Gasteiger charge is -2.48. The fourth-order valence-electron chi connectivity index (χ4n) is 7.76. The molecule has 4 aromatic carbocycles. The predicted molar refractivity (Wildman–Crippen MR) is 187 cm³/mol. The van der Waals surface area contributed by atoms with E-state index >= 15 is 0 Å². The molecule has 2 aliphatic rings. The first-order valence-corrected chi connectivity index (χ1v) is 16.7. The average Bonchev–Trinajstić information content (AvgIpc) is 3.40. The summed E-state index contributed by atoms with van der Waals surface area (Å²) >= 11 is 1.61.